The quantitative estimate of drug-likeness (QED) is 0.723. The maximum Gasteiger partial charge on any atom is 0.573 e. The molecule has 0 bridgehead atoms. The number of pyridine rings is 1. The van der Waals surface area contributed by atoms with Crippen molar-refractivity contribution in [1.82, 2.24) is 4.98 Å². The molecule has 0 amide bonds. The van der Waals surface area contributed by atoms with Crippen LogP contribution in [0.15, 0.2) is 6.20 Å². The Balaban J connectivity index is 3.13. The minimum atomic E-state index is -5.01. The van der Waals surface area contributed by atoms with Crippen molar-refractivity contribution in [1.29, 1.82) is 0 Å². The molecule has 0 atom stereocenters. The molecule has 1 aromatic rings. The number of nitrogens with zero attached hydrogens (tertiary/aromatic N) is 1. The molecular formula is C7H5F4NO2. The van der Waals surface area contributed by atoms with Crippen LogP contribution in [0.25, 0.3) is 0 Å². The summed E-state index contributed by atoms with van der Waals surface area (Å²) in [5, 5.41) is 8.74. The Morgan fingerprint density at radius 1 is 1.43 bits per heavy atom. The smallest absolute Gasteiger partial charge is 0.504 e. The first-order chi connectivity index (χ1) is 6.31. The van der Waals surface area contributed by atoms with Gasteiger partial charge in [-0.25, -0.2) is 0 Å². The molecule has 78 valence electrons. The van der Waals surface area contributed by atoms with Crippen molar-refractivity contribution in [2.45, 2.75) is 13.3 Å². The number of ether oxygens (including phenoxy) is 1. The van der Waals surface area contributed by atoms with E-state index in [4.69, 9.17) is 5.11 Å². The van der Waals surface area contributed by atoms with Crippen molar-refractivity contribution in [2.75, 3.05) is 0 Å². The second-order valence-corrected chi connectivity index (χ2v) is 2.42. The monoisotopic (exact) mass is 211 g/mol. The summed E-state index contributed by atoms with van der Waals surface area (Å²) < 4.78 is 51.4. The highest BCUT2D eigenvalue weighted by Gasteiger charge is 2.34. The Bertz CT molecular complexity index is 350. The summed E-state index contributed by atoms with van der Waals surface area (Å²) in [6.45, 7) is 1.13. The van der Waals surface area contributed by atoms with E-state index in [1.807, 2.05) is 0 Å². The molecule has 0 aliphatic carbocycles. The summed E-state index contributed by atoms with van der Waals surface area (Å²) in [6.07, 6.45) is -4.31. The van der Waals surface area contributed by atoms with Gasteiger partial charge >= 0.3 is 6.36 Å². The standard InChI is InChI=1S/C7H5F4NO2/c1-3-6(14-7(9,10)11)5(8)4(13)2-12-3/h2,13H,1H3. The second-order valence-electron chi connectivity index (χ2n) is 2.42. The molecule has 0 aliphatic heterocycles. The van der Waals surface area contributed by atoms with Gasteiger partial charge in [-0.3, -0.25) is 4.98 Å². The molecule has 0 fully saturated rings. The van der Waals surface area contributed by atoms with E-state index in [1.165, 1.54) is 0 Å². The third kappa shape index (κ3) is 2.24. The van der Waals surface area contributed by atoms with Gasteiger partial charge < -0.3 is 9.84 Å². The fourth-order valence-electron chi connectivity index (χ4n) is 0.783. The molecule has 1 N–H and O–H groups in total. The summed E-state index contributed by atoms with van der Waals surface area (Å²) in [6, 6.07) is 0. The second kappa shape index (κ2) is 3.32. The number of halogens is 4. The van der Waals surface area contributed by atoms with Crippen LogP contribution in [-0.2, 0) is 0 Å². The average Bonchev–Trinajstić information content (AvgIpc) is 2.04. The average molecular weight is 211 g/mol. The SMILES string of the molecule is Cc1ncc(O)c(F)c1OC(F)(F)F. The van der Waals surface area contributed by atoms with E-state index in [-0.39, 0.29) is 5.69 Å². The highest BCUT2D eigenvalue weighted by Crippen LogP contribution is 2.31. The Labute approximate surface area is 76.0 Å². The number of hydrogen-bond acceptors (Lipinski definition) is 3. The zero-order valence-electron chi connectivity index (χ0n) is 6.89. The number of alkyl halides is 3. The van der Waals surface area contributed by atoms with E-state index in [9.17, 15) is 17.6 Å². The first-order valence-corrected chi connectivity index (χ1v) is 3.41. The molecule has 1 rings (SSSR count). The van der Waals surface area contributed by atoms with Crippen molar-refractivity contribution < 1.29 is 27.4 Å². The molecule has 0 spiro atoms. The van der Waals surface area contributed by atoms with E-state index >= 15 is 0 Å². The molecule has 0 unspecified atom stereocenters. The normalized spacial score (nSPS) is 11.5. The Morgan fingerprint density at radius 3 is 2.50 bits per heavy atom. The number of hydrogen-bond donors (Lipinski definition) is 1. The van der Waals surface area contributed by atoms with Crippen LogP contribution in [0.3, 0.4) is 0 Å². The van der Waals surface area contributed by atoms with Crippen molar-refractivity contribution in [3.8, 4) is 11.5 Å². The van der Waals surface area contributed by atoms with Crippen molar-refractivity contribution >= 4 is 0 Å². The van der Waals surface area contributed by atoms with Gasteiger partial charge in [0, 0.05) is 0 Å². The predicted molar refractivity (Wildman–Crippen MR) is 37.3 cm³/mol. The lowest BCUT2D eigenvalue weighted by atomic mass is 10.3. The highest BCUT2D eigenvalue weighted by molar-refractivity contribution is 5.35. The molecule has 7 heteroatoms. The minimum Gasteiger partial charge on any atom is -0.504 e. The van der Waals surface area contributed by atoms with Gasteiger partial charge in [-0.2, -0.15) is 4.39 Å². The number of rotatable bonds is 1. The van der Waals surface area contributed by atoms with Gasteiger partial charge in [-0.05, 0) is 6.92 Å². The van der Waals surface area contributed by atoms with Crippen LogP contribution in [0, 0.1) is 12.7 Å². The molecule has 3 nitrogen and oxygen atoms in total. The van der Waals surface area contributed by atoms with Gasteiger partial charge in [0.25, 0.3) is 0 Å². The molecule has 14 heavy (non-hydrogen) atoms. The Hall–Kier alpha value is -1.53. The van der Waals surface area contributed by atoms with Crippen LogP contribution in [0.1, 0.15) is 5.69 Å². The third-order valence-corrected chi connectivity index (χ3v) is 1.35. The fraction of sp³-hybridized carbons (Fsp3) is 0.286. The van der Waals surface area contributed by atoms with Gasteiger partial charge in [0.05, 0.1) is 11.9 Å². The lowest BCUT2D eigenvalue weighted by molar-refractivity contribution is -0.276. The summed E-state index contributed by atoms with van der Waals surface area (Å²) >= 11 is 0. The lowest BCUT2D eigenvalue weighted by Gasteiger charge is -2.11. The van der Waals surface area contributed by atoms with Crippen LogP contribution < -0.4 is 4.74 Å². The van der Waals surface area contributed by atoms with E-state index in [0.29, 0.717) is 6.20 Å². The van der Waals surface area contributed by atoms with Gasteiger partial charge in [-0.1, -0.05) is 0 Å². The number of aromatic hydroxyl groups is 1. The van der Waals surface area contributed by atoms with E-state index in [1.54, 1.807) is 0 Å². The summed E-state index contributed by atoms with van der Waals surface area (Å²) in [7, 11) is 0. The first-order valence-electron chi connectivity index (χ1n) is 3.41. The number of aryl methyl sites for hydroxylation is 1. The Kier molecular flexibility index (Phi) is 2.50. The summed E-state index contributed by atoms with van der Waals surface area (Å²) in [5.74, 6) is -3.58. The van der Waals surface area contributed by atoms with Crippen LogP contribution in [-0.4, -0.2) is 16.5 Å². The maximum absolute atomic E-state index is 12.9. The van der Waals surface area contributed by atoms with Crippen molar-refractivity contribution in [3.63, 3.8) is 0 Å². The molecule has 0 saturated carbocycles. The van der Waals surface area contributed by atoms with E-state index < -0.39 is 23.7 Å². The van der Waals surface area contributed by atoms with Crippen LogP contribution in [0.4, 0.5) is 17.6 Å². The Morgan fingerprint density at radius 2 is 2.00 bits per heavy atom. The van der Waals surface area contributed by atoms with Gasteiger partial charge in [-0.15, -0.1) is 13.2 Å². The van der Waals surface area contributed by atoms with Gasteiger partial charge in [0.15, 0.2) is 11.5 Å². The summed E-state index contributed by atoms with van der Waals surface area (Å²) in [5.41, 5.74) is -0.294. The third-order valence-electron chi connectivity index (χ3n) is 1.35. The molecule has 0 aliphatic rings. The summed E-state index contributed by atoms with van der Waals surface area (Å²) in [4.78, 5) is 3.31. The van der Waals surface area contributed by atoms with Crippen molar-refractivity contribution in [2.24, 2.45) is 0 Å². The zero-order chi connectivity index (χ0) is 10.9. The van der Waals surface area contributed by atoms with Gasteiger partial charge in [0.1, 0.15) is 0 Å². The van der Waals surface area contributed by atoms with Crippen LogP contribution in [0.5, 0.6) is 11.5 Å². The largest absolute Gasteiger partial charge is 0.573 e. The van der Waals surface area contributed by atoms with Gasteiger partial charge in [0.2, 0.25) is 5.82 Å². The molecule has 1 aromatic heterocycles. The van der Waals surface area contributed by atoms with E-state index in [2.05, 4.69) is 9.72 Å². The van der Waals surface area contributed by atoms with Crippen LogP contribution >= 0.6 is 0 Å². The van der Waals surface area contributed by atoms with Crippen molar-refractivity contribution in [3.05, 3.63) is 17.7 Å². The molecule has 0 radical (unpaired) electrons. The zero-order valence-corrected chi connectivity index (χ0v) is 6.89. The molecule has 0 aromatic carbocycles. The van der Waals surface area contributed by atoms with E-state index in [0.717, 1.165) is 6.92 Å². The molecular weight excluding hydrogens is 206 g/mol. The molecule has 0 saturated heterocycles. The lowest BCUT2D eigenvalue weighted by Crippen LogP contribution is -2.19. The topological polar surface area (TPSA) is 42.4 Å². The molecule has 1 heterocycles. The highest BCUT2D eigenvalue weighted by atomic mass is 19.4. The predicted octanol–water partition coefficient (Wildman–Crippen LogP) is 2.13. The maximum atomic E-state index is 12.9. The fourth-order valence-corrected chi connectivity index (χ4v) is 0.783. The number of aromatic nitrogens is 1. The minimum absolute atomic E-state index is 0.294. The first kappa shape index (κ1) is 10.6. The van der Waals surface area contributed by atoms with Crippen LogP contribution in [0.2, 0.25) is 0 Å².